The highest BCUT2D eigenvalue weighted by Crippen LogP contribution is 2.32. The third-order valence-electron chi connectivity index (χ3n) is 7.15. The summed E-state index contributed by atoms with van der Waals surface area (Å²) < 4.78 is 23.7. The van der Waals surface area contributed by atoms with E-state index in [1.165, 1.54) is 4.90 Å². The highest BCUT2D eigenvalue weighted by Gasteiger charge is 2.26. The number of halogens is 1. The quantitative estimate of drug-likeness (QED) is 0.242. The number of rotatable bonds is 11. The maximum atomic E-state index is 13.5. The van der Waals surface area contributed by atoms with Crippen molar-refractivity contribution in [3.63, 3.8) is 0 Å². The van der Waals surface area contributed by atoms with Crippen LogP contribution in [0.4, 0.5) is 5.95 Å². The average molecular weight is 605 g/mol. The van der Waals surface area contributed by atoms with Crippen LogP contribution in [0.1, 0.15) is 23.2 Å². The van der Waals surface area contributed by atoms with E-state index in [2.05, 4.69) is 5.32 Å². The molecule has 2 amide bonds. The van der Waals surface area contributed by atoms with Crippen molar-refractivity contribution in [2.75, 3.05) is 46.3 Å². The molecule has 10 nitrogen and oxygen atoms in total. The molecule has 1 fully saturated rings. The zero-order valence-corrected chi connectivity index (χ0v) is 25.0. The van der Waals surface area contributed by atoms with E-state index in [-0.39, 0.29) is 24.5 Å². The van der Waals surface area contributed by atoms with Gasteiger partial charge in [-0.15, -0.1) is 0 Å². The van der Waals surface area contributed by atoms with Crippen molar-refractivity contribution in [3.05, 3.63) is 83.5 Å². The molecule has 1 N–H and O–H groups in total. The number of nitrogens with one attached hydrogen (secondary N) is 1. The zero-order valence-electron chi connectivity index (χ0n) is 24.2. The lowest BCUT2D eigenvalue weighted by Gasteiger charge is -2.25. The molecule has 4 aromatic rings. The summed E-state index contributed by atoms with van der Waals surface area (Å²) in [5.41, 5.74) is 2.57. The minimum absolute atomic E-state index is 0.139. The molecule has 1 aliphatic rings. The topological polar surface area (TPSA) is 104 Å². The maximum absolute atomic E-state index is 13.5. The standard InChI is InChI=1S/C32H33ClN4O6/c1-40-25-13-8-22(9-14-25)31(39)36(18-26-5-4-16-43-26)20-30(38)35-32-34-27(21-6-10-23(33)11-7-21)19-37(32)24-12-15-28(41-2)29(17-24)42-3/h6-15,17,19,26H,4-5,16,18,20H2,1-3H3,(H,34,35,38)/t26-/m1/s1. The zero-order chi connectivity index (χ0) is 30.3. The Labute approximate surface area is 255 Å². The normalized spacial score (nSPS) is 14.3. The molecule has 1 atom stereocenters. The Morgan fingerprint density at radius 3 is 2.40 bits per heavy atom. The molecule has 1 aromatic heterocycles. The fraction of sp³-hybridized carbons (Fsp3) is 0.281. The van der Waals surface area contributed by atoms with E-state index in [1.54, 1.807) is 74.4 Å². The van der Waals surface area contributed by atoms with Crippen molar-refractivity contribution < 1.29 is 28.5 Å². The van der Waals surface area contributed by atoms with E-state index in [1.807, 2.05) is 24.4 Å². The Bertz CT molecular complexity index is 1570. The molecule has 3 aromatic carbocycles. The molecular formula is C32H33ClN4O6. The fourth-order valence-electron chi connectivity index (χ4n) is 4.91. The fourth-order valence-corrected chi connectivity index (χ4v) is 5.03. The second kappa shape index (κ2) is 13.6. The highest BCUT2D eigenvalue weighted by molar-refractivity contribution is 6.30. The number of imidazole rings is 1. The summed E-state index contributed by atoms with van der Waals surface area (Å²) in [6.45, 7) is 0.732. The van der Waals surface area contributed by atoms with E-state index < -0.39 is 5.91 Å². The van der Waals surface area contributed by atoms with Crippen molar-refractivity contribution >= 4 is 29.4 Å². The lowest BCUT2D eigenvalue weighted by Crippen LogP contribution is -2.42. The molecule has 0 unspecified atom stereocenters. The largest absolute Gasteiger partial charge is 0.497 e. The van der Waals surface area contributed by atoms with Gasteiger partial charge in [-0.25, -0.2) is 4.98 Å². The first-order chi connectivity index (χ1) is 20.9. The van der Waals surface area contributed by atoms with Crippen LogP contribution in [0, 0.1) is 0 Å². The number of hydrogen-bond donors (Lipinski definition) is 1. The van der Waals surface area contributed by atoms with Crippen LogP contribution in [0.2, 0.25) is 5.02 Å². The molecular weight excluding hydrogens is 572 g/mol. The maximum Gasteiger partial charge on any atom is 0.254 e. The van der Waals surface area contributed by atoms with Gasteiger partial charge in [-0.2, -0.15) is 0 Å². The second-order valence-corrected chi connectivity index (χ2v) is 10.4. The summed E-state index contributed by atoms with van der Waals surface area (Å²) in [4.78, 5) is 33.3. The van der Waals surface area contributed by atoms with Crippen LogP contribution in [-0.4, -0.2) is 73.4 Å². The van der Waals surface area contributed by atoms with Gasteiger partial charge in [0.25, 0.3) is 5.91 Å². The molecule has 0 spiro atoms. The van der Waals surface area contributed by atoms with Gasteiger partial charge in [0.2, 0.25) is 11.9 Å². The molecule has 43 heavy (non-hydrogen) atoms. The smallest absolute Gasteiger partial charge is 0.254 e. The third kappa shape index (κ3) is 7.10. The van der Waals surface area contributed by atoms with Gasteiger partial charge in [0.1, 0.15) is 12.3 Å². The summed E-state index contributed by atoms with van der Waals surface area (Å²) in [6, 6.07) is 19.5. The van der Waals surface area contributed by atoms with Gasteiger partial charge in [-0.1, -0.05) is 23.7 Å². The van der Waals surface area contributed by atoms with E-state index in [0.717, 1.165) is 18.4 Å². The molecule has 5 rings (SSSR count). The van der Waals surface area contributed by atoms with Gasteiger partial charge in [0.15, 0.2) is 11.5 Å². The lowest BCUT2D eigenvalue weighted by molar-refractivity contribution is -0.117. The third-order valence-corrected chi connectivity index (χ3v) is 7.40. The molecule has 0 saturated carbocycles. The van der Waals surface area contributed by atoms with Crippen molar-refractivity contribution in [1.82, 2.24) is 14.5 Å². The summed E-state index contributed by atoms with van der Waals surface area (Å²) in [7, 11) is 4.68. The van der Waals surface area contributed by atoms with Crippen molar-refractivity contribution in [1.29, 1.82) is 0 Å². The summed E-state index contributed by atoms with van der Waals surface area (Å²) in [5, 5.41) is 3.52. The van der Waals surface area contributed by atoms with Crippen molar-refractivity contribution in [3.8, 4) is 34.2 Å². The number of ether oxygens (including phenoxy) is 4. The van der Waals surface area contributed by atoms with Gasteiger partial charge < -0.3 is 23.8 Å². The number of amides is 2. The minimum atomic E-state index is -0.408. The molecule has 0 aliphatic carbocycles. The minimum Gasteiger partial charge on any atom is -0.497 e. The van der Waals surface area contributed by atoms with E-state index >= 15 is 0 Å². The Balaban J connectivity index is 1.44. The summed E-state index contributed by atoms with van der Waals surface area (Å²) in [6.07, 6.45) is 3.41. The van der Waals surface area contributed by atoms with E-state index in [0.29, 0.717) is 52.4 Å². The highest BCUT2D eigenvalue weighted by atomic mass is 35.5. The molecule has 1 aliphatic heterocycles. The Hall–Kier alpha value is -4.54. The number of anilines is 1. The predicted molar refractivity (Wildman–Crippen MR) is 164 cm³/mol. The molecule has 2 heterocycles. The van der Waals surface area contributed by atoms with Gasteiger partial charge in [-0.3, -0.25) is 19.5 Å². The van der Waals surface area contributed by atoms with Crippen molar-refractivity contribution in [2.45, 2.75) is 18.9 Å². The van der Waals surface area contributed by atoms with Gasteiger partial charge >= 0.3 is 0 Å². The van der Waals surface area contributed by atoms with Crippen LogP contribution in [0.3, 0.4) is 0 Å². The number of carbonyl (C=O) groups is 2. The molecule has 0 radical (unpaired) electrons. The van der Waals surface area contributed by atoms with Crippen LogP contribution >= 0.6 is 11.6 Å². The lowest BCUT2D eigenvalue weighted by atomic mass is 10.1. The monoisotopic (exact) mass is 604 g/mol. The summed E-state index contributed by atoms with van der Waals surface area (Å²) >= 11 is 6.10. The predicted octanol–water partition coefficient (Wildman–Crippen LogP) is 5.48. The molecule has 1 saturated heterocycles. The number of aromatic nitrogens is 2. The van der Waals surface area contributed by atoms with Crippen LogP contribution in [0.25, 0.3) is 16.9 Å². The van der Waals surface area contributed by atoms with Crippen LogP contribution < -0.4 is 19.5 Å². The Morgan fingerprint density at radius 1 is 1.00 bits per heavy atom. The van der Waals surface area contributed by atoms with Crippen LogP contribution in [0.15, 0.2) is 72.9 Å². The molecule has 224 valence electrons. The number of methoxy groups -OCH3 is 3. The summed E-state index contributed by atoms with van der Waals surface area (Å²) in [5.74, 6) is 1.31. The van der Waals surface area contributed by atoms with Crippen LogP contribution in [0.5, 0.6) is 17.2 Å². The van der Waals surface area contributed by atoms with Crippen LogP contribution in [-0.2, 0) is 9.53 Å². The first kappa shape index (κ1) is 29.9. The van der Waals surface area contributed by atoms with E-state index in [4.69, 9.17) is 35.5 Å². The number of hydrogen-bond acceptors (Lipinski definition) is 7. The average Bonchev–Trinajstić information content (AvgIpc) is 3.70. The number of nitrogens with zero attached hydrogens (tertiary/aromatic N) is 3. The second-order valence-electron chi connectivity index (χ2n) is 9.96. The molecule has 11 heteroatoms. The first-order valence-electron chi connectivity index (χ1n) is 13.8. The number of benzene rings is 3. The van der Waals surface area contributed by atoms with Gasteiger partial charge in [0, 0.05) is 41.6 Å². The van der Waals surface area contributed by atoms with Crippen molar-refractivity contribution in [2.24, 2.45) is 0 Å². The van der Waals surface area contributed by atoms with Gasteiger partial charge in [0.05, 0.1) is 38.8 Å². The SMILES string of the molecule is COc1ccc(C(=O)N(CC(=O)Nc2nc(-c3ccc(Cl)cc3)cn2-c2ccc(OC)c(OC)c2)C[C@H]2CCCO2)cc1. The number of carbonyl (C=O) groups excluding carboxylic acids is 2. The Morgan fingerprint density at radius 2 is 1.74 bits per heavy atom. The van der Waals surface area contributed by atoms with Gasteiger partial charge in [-0.05, 0) is 61.4 Å². The first-order valence-corrected chi connectivity index (χ1v) is 14.2. The molecule has 0 bridgehead atoms. The Kier molecular flexibility index (Phi) is 9.48. The van der Waals surface area contributed by atoms with E-state index in [9.17, 15) is 9.59 Å².